The predicted molar refractivity (Wildman–Crippen MR) is 280 cm³/mol. The molecule has 0 aliphatic heterocycles. The Kier molecular flexibility index (Phi) is 11.0. The van der Waals surface area contributed by atoms with Crippen LogP contribution in [0.15, 0.2) is 279 Å². The molecular weight excluding hydrogens is 797 g/mol. The van der Waals surface area contributed by atoms with E-state index in [-0.39, 0.29) is 0 Å². The normalized spacial score (nSPS) is 11.0. The molecule has 0 saturated heterocycles. The fourth-order valence-electron chi connectivity index (χ4n) is 9.06. The van der Waals surface area contributed by atoms with Crippen molar-refractivity contribution in [1.82, 2.24) is 0 Å². The van der Waals surface area contributed by atoms with Crippen LogP contribution in [0.3, 0.4) is 0 Å². The van der Waals surface area contributed by atoms with Crippen LogP contribution in [0, 0.1) is 0 Å². The Bertz CT molecular complexity index is 3260. The molecule has 2 nitrogen and oxygen atoms in total. The predicted octanol–water partition coefficient (Wildman–Crippen LogP) is 18.1. The number of hydrogen-bond donors (Lipinski definition) is 0. The molecule has 312 valence electrons. The lowest BCUT2D eigenvalue weighted by atomic mass is 9.98. The summed E-state index contributed by atoms with van der Waals surface area (Å²) in [5, 5.41) is 2.41. The minimum atomic E-state index is 1.09. The maximum Gasteiger partial charge on any atom is 0.0540 e. The van der Waals surface area contributed by atoms with Gasteiger partial charge < -0.3 is 9.80 Å². The lowest BCUT2D eigenvalue weighted by molar-refractivity contribution is 1.28. The summed E-state index contributed by atoms with van der Waals surface area (Å²) < 4.78 is 0. The molecule has 0 N–H and O–H groups in total. The third kappa shape index (κ3) is 8.28. The van der Waals surface area contributed by atoms with E-state index in [9.17, 15) is 0 Å². The van der Waals surface area contributed by atoms with Gasteiger partial charge in [0.1, 0.15) is 0 Å². The number of anilines is 6. The van der Waals surface area contributed by atoms with Crippen molar-refractivity contribution in [2.45, 2.75) is 0 Å². The molecule has 0 radical (unpaired) electrons. The zero-order valence-electron chi connectivity index (χ0n) is 36.5. The van der Waals surface area contributed by atoms with E-state index in [4.69, 9.17) is 0 Å². The maximum absolute atomic E-state index is 2.38. The van der Waals surface area contributed by atoms with Crippen molar-refractivity contribution in [2.75, 3.05) is 9.80 Å². The molecule has 0 spiro atoms. The molecule has 0 amide bonds. The largest absolute Gasteiger partial charge is 0.311 e. The molecule has 11 rings (SSSR count). The zero-order chi connectivity index (χ0) is 44.1. The number of rotatable bonds is 11. The smallest absolute Gasteiger partial charge is 0.0540 e. The fourth-order valence-corrected chi connectivity index (χ4v) is 9.06. The third-order valence-corrected chi connectivity index (χ3v) is 12.5. The van der Waals surface area contributed by atoms with Gasteiger partial charge in [0.15, 0.2) is 0 Å². The van der Waals surface area contributed by atoms with Crippen LogP contribution >= 0.6 is 0 Å². The average Bonchev–Trinajstić information content (AvgIpc) is 3.41. The summed E-state index contributed by atoms with van der Waals surface area (Å²) in [6, 6.07) is 100. The van der Waals surface area contributed by atoms with Crippen LogP contribution in [0.2, 0.25) is 0 Å². The van der Waals surface area contributed by atoms with Crippen LogP contribution in [0.25, 0.3) is 66.4 Å². The van der Waals surface area contributed by atoms with Crippen molar-refractivity contribution in [2.24, 2.45) is 0 Å². The van der Waals surface area contributed by atoms with Gasteiger partial charge in [-0.1, -0.05) is 206 Å². The Balaban J connectivity index is 0.913. The van der Waals surface area contributed by atoms with E-state index in [0.29, 0.717) is 0 Å². The fraction of sp³-hybridized carbons (Fsp3) is 0. The van der Waals surface area contributed by atoms with Crippen molar-refractivity contribution in [1.29, 1.82) is 0 Å². The van der Waals surface area contributed by atoms with Gasteiger partial charge in [0.2, 0.25) is 0 Å². The molecule has 11 aromatic carbocycles. The SMILES string of the molecule is c1ccc(-c2ccc(N(c3ccc(-c4ccccc4)cc3)c3ccc(-c4ccc(N(c5ccc(-c6cccc(-c7ccccc7)c6)cc5)c5cccc6ccccc56)cc4)cc3)cc2)cc1. The number of fused-ring (bicyclic) bond motifs is 1. The quantitative estimate of drug-likeness (QED) is 0.128. The van der Waals surface area contributed by atoms with E-state index in [1.54, 1.807) is 0 Å². The summed E-state index contributed by atoms with van der Waals surface area (Å²) in [6.45, 7) is 0. The van der Waals surface area contributed by atoms with E-state index in [1.165, 1.54) is 55.3 Å². The summed E-state index contributed by atoms with van der Waals surface area (Å²) in [6.07, 6.45) is 0. The second-order valence-electron chi connectivity index (χ2n) is 16.6. The van der Waals surface area contributed by atoms with E-state index < -0.39 is 0 Å². The van der Waals surface area contributed by atoms with Gasteiger partial charge in [-0.3, -0.25) is 0 Å². The lowest BCUT2D eigenvalue weighted by Gasteiger charge is -2.27. The van der Waals surface area contributed by atoms with Gasteiger partial charge in [0.05, 0.1) is 5.69 Å². The molecule has 66 heavy (non-hydrogen) atoms. The molecule has 0 aliphatic carbocycles. The van der Waals surface area contributed by atoms with Gasteiger partial charge in [-0.25, -0.2) is 0 Å². The van der Waals surface area contributed by atoms with E-state index in [2.05, 4.69) is 289 Å². The van der Waals surface area contributed by atoms with Crippen LogP contribution in [-0.4, -0.2) is 0 Å². The Hall–Kier alpha value is -8.72. The molecule has 0 unspecified atom stereocenters. The number of benzene rings is 11. The highest BCUT2D eigenvalue weighted by molar-refractivity contribution is 5.99. The first-order chi connectivity index (χ1) is 32.7. The standard InChI is InChI=1S/C64H46N2/c1-4-14-47(15-5-1)50-26-36-58(37-27-50)65(59-38-28-51(29-39-59)48-16-6-2-7-17-48)60-40-30-52(31-41-60)53-32-42-61(43-33-53)66(64-25-13-21-55-20-10-11-24-63(55)64)62-44-34-54(35-45-62)57-23-12-22-56(46-57)49-18-8-3-9-19-49/h1-46H. The Labute approximate surface area is 387 Å². The summed E-state index contributed by atoms with van der Waals surface area (Å²) in [5.41, 5.74) is 18.5. The number of hydrogen-bond acceptors (Lipinski definition) is 2. The first-order valence-electron chi connectivity index (χ1n) is 22.6. The molecule has 0 aliphatic rings. The van der Waals surface area contributed by atoms with Crippen molar-refractivity contribution in [3.8, 4) is 55.6 Å². The molecular formula is C64H46N2. The van der Waals surface area contributed by atoms with Crippen LogP contribution < -0.4 is 9.80 Å². The Morgan fingerprint density at radius 2 is 0.455 bits per heavy atom. The van der Waals surface area contributed by atoms with Crippen LogP contribution in [0.1, 0.15) is 0 Å². The highest BCUT2D eigenvalue weighted by Crippen LogP contribution is 2.42. The maximum atomic E-state index is 2.38. The van der Waals surface area contributed by atoms with Crippen molar-refractivity contribution < 1.29 is 0 Å². The summed E-state index contributed by atoms with van der Waals surface area (Å²) in [4.78, 5) is 4.72. The molecule has 0 bridgehead atoms. The van der Waals surface area contributed by atoms with Crippen LogP contribution in [0.5, 0.6) is 0 Å². The van der Waals surface area contributed by atoms with Gasteiger partial charge >= 0.3 is 0 Å². The molecule has 2 heteroatoms. The molecule has 0 atom stereocenters. The lowest BCUT2D eigenvalue weighted by Crippen LogP contribution is -2.10. The van der Waals surface area contributed by atoms with Gasteiger partial charge in [-0.15, -0.1) is 0 Å². The Morgan fingerprint density at radius 3 is 0.864 bits per heavy atom. The topological polar surface area (TPSA) is 6.48 Å². The Morgan fingerprint density at radius 1 is 0.182 bits per heavy atom. The first kappa shape index (κ1) is 40.1. The summed E-state index contributed by atoms with van der Waals surface area (Å²) >= 11 is 0. The summed E-state index contributed by atoms with van der Waals surface area (Å²) in [7, 11) is 0. The van der Waals surface area contributed by atoms with E-state index >= 15 is 0 Å². The van der Waals surface area contributed by atoms with E-state index in [0.717, 1.165) is 45.3 Å². The van der Waals surface area contributed by atoms with Gasteiger partial charge in [-0.2, -0.15) is 0 Å². The van der Waals surface area contributed by atoms with Crippen molar-refractivity contribution in [3.05, 3.63) is 279 Å². The van der Waals surface area contributed by atoms with Gasteiger partial charge in [-0.05, 0) is 134 Å². The molecule has 0 saturated carbocycles. The minimum Gasteiger partial charge on any atom is -0.311 e. The van der Waals surface area contributed by atoms with Gasteiger partial charge in [0, 0.05) is 33.8 Å². The number of nitrogens with zero attached hydrogens (tertiary/aromatic N) is 2. The van der Waals surface area contributed by atoms with Crippen LogP contribution in [0.4, 0.5) is 34.1 Å². The minimum absolute atomic E-state index is 1.09. The highest BCUT2D eigenvalue weighted by atomic mass is 15.1. The zero-order valence-corrected chi connectivity index (χ0v) is 36.5. The van der Waals surface area contributed by atoms with Crippen molar-refractivity contribution >= 4 is 44.9 Å². The average molecular weight is 843 g/mol. The summed E-state index contributed by atoms with van der Waals surface area (Å²) in [5.74, 6) is 0. The second-order valence-corrected chi connectivity index (χ2v) is 16.6. The monoisotopic (exact) mass is 842 g/mol. The second kappa shape index (κ2) is 18.2. The highest BCUT2D eigenvalue weighted by Gasteiger charge is 2.17. The molecule has 0 aromatic heterocycles. The van der Waals surface area contributed by atoms with Crippen molar-refractivity contribution in [3.63, 3.8) is 0 Å². The van der Waals surface area contributed by atoms with E-state index in [1.807, 2.05) is 0 Å². The third-order valence-electron chi connectivity index (χ3n) is 12.5. The van der Waals surface area contributed by atoms with Crippen LogP contribution in [-0.2, 0) is 0 Å². The first-order valence-corrected chi connectivity index (χ1v) is 22.6. The molecule has 0 heterocycles. The van der Waals surface area contributed by atoms with Gasteiger partial charge in [0.25, 0.3) is 0 Å². The molecule has 0 fully saturated rings. The molecule has 11 aromatic rings.